The molecule has 78 heavy (non-hydrogen) atoms. The van der Waals surface area contributed by atoms with E-state index in [1.54, 1.807) is 71.2 Å². The van der Waals surface area contributed by atoms with Gasteiger partial charge in [0.25, 0.3) is 11.7 Å². The van der Waals surface area contributed by atoms with Crippen LogP contribution < -0.4 is 11.4 Å². The summed E-state index contributed by atoms with van der Waals surface area (Å²) in [6.45, 7) is 12.2. The van der Waals surface area contributed by atoms with Gasteiger partial charge < -0.3 is 43.9 Å². The molecule has 1 amide bonds. The maximum atomic E-state index is 14.6. The van der Waals surface area contributed by atoms with Gasteiger partial charge in [0.1, 0.15) is 30.1 Å². The fraction of sp³-hybridized carbons (Fsp3) is 0.678. The molecule has 19 nitrogen and oxygen atoms in total. The van der Waals surface area contributed by atoms with Crippen molar-refractivity contribution in [3.63, 3.8) is 0 Å². The third kappa shape index (κ3) is 12.9. The molecule has 2 saturated heterocycles. The summed E-state index contributed by atoms with van der Waals surface area (Å²) in [5.74, 6) is -9.44. The number of nitrogens with zero attached hydrogens (tertiary/aromatic N) is 4. The van der Waals surface area contributed by atoms with Crippen LogP contribution in [0.2, 0.25) is 0 Å². The Hall–Kier alpha value is -5.15. The number of hydrogen-bond donors (Lipinski definition) is 3. The molecule has 1 saturated carbocycles. The molecule has 6 aliphatic rings. The molecule has 1 aliphatic carbocycles. The van der Waals surface area contributed by atoms with Gasteiger partial charge in [-0.2, -0.15) is 0 Å². The molecule has 1 aromatic carbocycles. The van der Waals surface area contributed by atoms with Gasteiger partial charge in [-0.15, -0.1) is 0 Å². The summed E-state index contributed by atoms with van der Waals surface area (Å²) in [7, 11) is 4.38. The van der Waals surface area contributed by atoms with Gasteiger partial charge in [0.15, 0.2) is 5.78 Å². The lowest BCUT2D eigenvalue weighted by Crippen LogP contribution is -2.61. The number of piperidine rings is 1. The van der Waals surface area contributed by atoms with E-state index in [1.165, 1.54) is 23.6 Å². The van der Waals surface area contributed by atoms with Crippen molar-refractivity contribution in [3.05, 3.63) is 86.8 Å². The third-order valence-corrected chi connectivity index (χ3v) is 17.6. The number of carbonyl (C=O) groups is 5. The number of fused-ring (bicyclic) bond motifs is 15. The zero-order valence-electron chi connectivity index (χ0n) is 47.2. The molecule has 5 aliphatic heterocycles. The van der Waals surface area contributed by atoms with Crippen LogP contribution in [-0.4, -0.2) is 146 Å². The summed E-state index contributed by atoms with van der Waals surface area (Å²) in [5.41, 5.74) is 0.138. The maximum Gasteiger partial charge on any atom is 0.352 e. The molecule has 8 rings (SSSR count). The monoisotopic (exact) mass is 1090 g/mol. The molecule has 0 radical (unpaired) electrons. The number of ether oxygens (including phenoxy) is 5. The molecule has 4 bridgehead atoms. The highest BCUT2D eigenvalue weighted by atomic mass is 16.6. The quantitative estimate of drug-likeness (QED) is 0.175. The Kier molecular flexibility index (Phi) is 20.1. The maximum absolute atomic E-state index is 14.6. The lowest BCUT2D eigenvalue weighted by molar-refractivity contribution is -0.265. The number of esters is 1. The summed E-state index contributed by atoms with van der Waals surface area (Å²) in [4.78, 5) is 103. The van der Waals surface area contributed by atoms with Gasteiger partial charge in [-0.25, -0.2) is 28.3 Å². The molecule has 2 aromatic rings. The normalized spacial score (nSPS) is 35.8. The Morgan fingerprint density at radius 2 is 1.49 bits per heavy atom. The largest absolute Gasteiger partial charge is 0.460 e. The predicted molar refractivity (Wildman–Crippen MR) is 288 cm³/mol. The van der Waals surface area contributed by atoms with Crippen molar-refractivity contribution in [3.8, 4) is 5.69 Å². The van der Waals surface area contributed by atoms with E-state index in [9.17, 15) is 48.9 Å². The number of hydrogen-bond acceptors (Lipinski definition) is 15. The van der Waals surface area contributed by atoms with Gasteiger partial charge in [-0.3, -0.25) is 19.2 Å². The van der Waals surface area contributed by atoms with Gasteiger partial charge in [-0.05, 0) is 119 Å². The fourth-order valence-corrected chi connectivity index (χ4v) is 12.7. The Balaban J connectivity index is 1.26. The van der Waals surface area contributed by atoms with Gasteiger partial charge >= 0.3 is 17.3 Å². The zero-order chi connectivity index (χ0) is 56.9. The van der Waals surface area contributed by atoms with E-state index in [2.05, 4.69) is 0 Å². The smallest absolute Gasteiger partial charge is 0.352 e. The average molecular weight is 1090 g/mol. The molecule has 17 atom stereocenters. The summed E-state index contributed by atoms with van der Waals surface area (Å²) >= 11 is 0. The number of aromatic nitrogens is 3. The van der Waals surface area contributed by atoms with Crippen molar-refractivity contribution in [2.75, 3.05) is 27.9 Å². The van der Waals surface area contributed by atoms with Crippen LogP contribution >= 0.6 is 0 Å². The second-order valence-electron chi connectivity index (χ2n) is 23.1. The molecule has 19 heteroatoms. The van der Waals surface area contributed by atoms with Gasteiger partial charge in [0.05, 0.1) is 42.2 Å². The van der Waals surface area contributed by atoms with Crippen molar-refractivity contribution in [2.24, 2.45) is 35.5 Å². The molecule has 3 fully saturated rings. The number of allylic oxidation sites excluding steroid dienone is 4. The molecule has 3 N–H and O–H groups in total. The number of carbonyl (C=O) groups excluding carboxylic acids is 5. The van der Waals surface area contributed by atoms with Crippen LogP contribution in [0.4, 0.5) is 0 Å². The van der Waals surface area contributed by atoms with Crippen LogP contribution in [0.3, 0.4) is 0 Å². The minimum atomic E-state index is -2.55. The molecule has 430 valence electrons. The Bertz CT molecular complexity index is 2690. The topological polar surface area (TPSA) is 244 Å². The highest BCUT2D eigenvalue weighted by Gasteiger charge is 2.53. The second kappa shape index (κ2) is 26.0. The number of rotatable bonds is 7. The van der Waals surface area contributed by atoms with Gasteiger partial charge in [-0.1, -0.05) is 77.1 Å². The molecular formula is C59H84N4O15. The minimum Gasteiger partial charge on any atom is -0.460 e. The summed E-state index contributed by atoms with van der Waals surface area (Å²) < 4.78 is 33.8. The lowest BCUT2D eigenvalue weighted by atomic mass is 9.78. The first-order valence-electron chi connectivity index (χ1n) is 28.1. The van der Waals surface area contributed by atoms with Gasteiger partial charge in [0, 0.05) is 58.5 Å². The Labute approximate surface area is 457 Å². The number of aliphatic hydroxyl groups is 3. The first-order chi connectivity index (χ1) is 37.0. The minimum absolute atomic E-state index is 0.0318. The van der Waals surface area contributed by atoms with Crippen molar-refractivity contribution < 1.29 is 63.0 Å². The number of methoxy groups -OCH3 is 3. The van der Waals surface area contributed by atoms with E-state index in [4.69, 9.17) is 23.7 Å². The van der Waals surface area contributed by atoms with Crippen LogP contribution in [0.25, 0.3) is 5.69 Å². The molecule has 0 spiro atoms. The van der Waals surface area contributed by atoms with Crippen LogP contribution in [0, 0.1) is 35.5 Å². The van der Waals surface area contributed by atoms with E-state index in [1.807, 2.05) is 39.0 Å². The molecule has 6 heterocycles. The number of benzene rings is 1. The van der Waals surface area contributed by atoms with Crippen LogP contribution in [0.5, 0.6) is 0 Å². The highest BCUT2D eigenvalue weighted by molar-refractivity contribution is 6.39. The molecule has 1 aromatic heterocycles. The van der Waals surface area contributed by atoms with E-state index >= 15 is 0 Å². The van der Waals surface area contributed by atoms with Gasteiger partial charge in [0.2, 0.25) is 5.79 Å². The van der Waals surface area contributed by atoms with Crippen LogP contribution in [0.15, 0.2) is 75.4 Å². The third-order valence-electron chi connectivity index (χ3n) is 17.6. The molecule has 2 unspecified atom stereocenters. The standard InChI is InChI=1S/C59H84N4O15/c1-33-26-37(5)51(66)53(76-10)52(67)38(6)27-34(2)47(65)32-49(35(3)28-40-20-24-46(64)50(30-40)75-9)77-56(70)45-18-14-15-25-60(45)55(69)54(68)59(73)39(7)19-22-43(78-59)31-48(74-8)36(4)29-42-21-23-44(33)63-58(72)61(57(71)62(42)63)41-16-12-11-13-17-41/h11-13,16-17,21,23,27,29,33-35,37,39-40,42-46,48-50,52-53,64,67,73H,14-15,18-20,22,24-26,28,30-32H2,1-10H3/t33-,34+,35+,37+,39+,40-,42?,43-,44?,45-,46+,48-,49-,50+,52+,53-,59+/m0/s1. The first-order valence-corrected chi connectivity index (χ1v) is 28.1. The van der Waals surface area contributed by atoms with E-state index in [0.29, 0.717) is 68.2 Å². The summed E-state index contributed by atoms with van der Waals surface area (Å²) in [6, 6.07) is 5.89. The van der Waals surface area contributed by atoms with Crippen molar-refractivity contribution in [2.45, 2.75) is 192 Å². The van der Waals surface area contributed by atoms with Crippen molar-refractivity contribution in [1.29, 1.82) is 0 Å². The SMILES string of the molecule is CO[C@H]1C[C@@H]2CC[C@@H](C)[C@@](O)(O2)C(=O)C(=O)N2CCCC[C@H]2C(=O)O[C@H]([C@H](C)C[C@@H]2CC[C@@H](O)[C@H](OC)C2)CC(=O)[C@H](C)C=C(C)[C@@H](O)[C@@H](OC)C(=O)[C@H](C)C[C@H](C)C2C=CC(C=C1C)n1c(=O)n(-c3ccccc3)c(=O)n12. The number of aliphatic hydroxyl groups excluding tert-OH is 2. The second-order valence-corrected chi connectivity index (χ2v) is 23.1. The predicted octanol–water partition coefficient (Wildman–Crippen LogP) is 5.53. The number of para-hydroxylation sites is 1. The van der Waals surface area contributed by atoms with Crippen molar-refractivity contribution >= 4 is 29.2 Å². The van der Waals surface area contributed by atoms with Crippen LogP contribution in [-0.2, 0) is 47.7 Å². The number of ketones is 3. The zero-order valence-corrected chi connectivity index (χ0v) is 47.2. The van der Waals surface area contributed by atoms with Crippen LogP contribution in [0.1, 0.15) is 138 Å². The average Bonchev–Trinajstić information content (AvgIpc) is 3.85. The Morgan fingerprint density at radius 1 is 0.782 bits per heavy atom. The van der Waals surface area contributed by atoms with Crippen molar-refractivity contribution in [1.82, 2.24) is 18.8 Å². The van der Waals surface area contributed by atoms with E-state index in [0.717, 1.165) is 9.47 Å². The number of amides is 1. The summed E-state index contributed by atoms with van der Waals surface area (Å²) in [5, 5.41) is 34.5. The van der Waals surface area contributed by atoms with E-state index in [-0.39, 0.29) is 56.0 Å². The van der Waals surface area contributed by atoms with E-state index < -0.39 is 119 Å². The first kappa shape index (κ1) is 60.5. The number of Topliss-reactive ketones (excluding diaryl/α,β-unsaturated/α-hetero) is 3. The fourth-order valence-electron chi connectivity index (χ4n) is 12.7. The Morgan fingerprint density at radius 3 is 2.17 bits per heavy atom. The lowest BCUT2D eigenvalue weighted by Gasteiger charge is -2.42. The molecular weight excluding hydrogens is 1000 g/mol. The summed E-state index contributed by atoms with van der Waals surface area (Å²) in [6.07, 6.45) is 5.18. The highest BCUT2D eigenvalue weighted by Crippen LogP contribution is 2.39.